The number of amides is 2. The normalized spacial score (nSPS) is 19.0. The lowest BCUT2D eigenvalue weighted by atomic mass is 9.99. The Hall–Kier alpha value is -3.21. The van der Waals surface area contributed by atoms with Gasteiger partial charge in [0.15, 0.2) is 9.84 Å². The molecule has 1 fully saturated rings. The lowest BCUT2D eigenvalue weighted by molar-refractivity contribution is -0.137. The van der Waals surface area contributed by atoms with Crippen molar-refractivity contribution in [2.75, 3.05) is 6.26 Å². The van der Waals surface area contributed by atoms with E-state index in [1.807, 2.05) is 0 Å². The molecule has 2 aromatic rings. The first-order chi connectivity index (χ1) is 16.4. The molecule has 2 atom stereocenters. The number of benzene rings is 2. The van der Waals surface area contributed by atoms with Gasteiger partial charge >= 0.3 is 6.18 Å². The van der Waals surface area contributed by atoms with Crippen molar-refractivity contribution in [2.45, 2.75) is 42.4 Å². The molecule has 2 aromatic carbocycles. The second-order valence-corrected chi connectivity index (χ2v) is 10.7. The van der Waals surface area contributed by atoms with E-state index in [2.05, 4.69) is 5.32 Å². The van der Waals surface area contributed by atoms with Gasteiger partial charge in [-0.15, -0.1) is 0 Å². The number of nitrogens with one attached hydrogen (secondary N) is 1. The van der Waals surface area contributed by atoms with Crippen LogP contribution in [-0.4, -0.2) is 37.4 Å². The van der Waals surface area contributed by atoms with Gasteiger partial charge in [0.1, 0.15) is 11.9 Å². The maximum Gasteiger partial charge on any atom is 0.416 e. The molecule has 1 aliphatic heterocycles. The molecule has 186 valence electrons. The number of alkyl halides is 3. The Morgan fingerprint density at radius 1 is 1.11 bits per heavy atom. The van der Waals surface area contributed by atoms with Crippen LogP contribution in [0.15, 0.2) is 59.6 Å². The predicted molar refractivity (Wildman–Crippen MR) is 118 cm³/mol. The highest BCUT2D eigenvalue weighted by Gasteiger charge is 2.39. The van der Waals surface area contributed by atoms with Crippen LogP contribution < -0.4 is 5.32 Å². The molecule has 0 bridgehead atoms. The number of nitrogens with zero attached hydrogens (tertiary/aromatic N) is 1. The molecule has 0 spiro atoms. The van der Waals surface area contributed by atoms with Gasteiger partial charge in [-0.3, -0.25) is 9.59 Å². The Morgan fingerprint density at radius 3 is 2.43 bits per heavy atom. The van der Waals surface area contributed by atoms with Gasteiger partial charge < -0.3 is 10.2 Å². The van der Waals surface area contributed by atoms with Crippen molar-refractivity contribution in [2.24, 2.45) is 5.92 Å². The average molecular weight is 511 g/mol. The van der Waals surface area contributed by atoms with Crippen molar-refractivity contribution in [1.29, 1.82) is 0 Å². The van der Waals surface area contributed by atoms with Gasteiger partial charge in [-0.2, -0.15) is 13.2 Å². The minimum Gasteiger partial charge on any atom is -0.347 e. The molecule has 35 heavy (non-hydrogen) atoms. The summed E-state index contributed by atoms with van der Waals surface area (Å²) >= 11 is 0. The minimum absolute atomic E-state index is 0.0425. The monoisotopic (exact) mass is 510 g/mol. The molecule has 1 saturated carbocycles. The molecule has 0 radical (unpaired) electrons. The largest absolute Gasteiger partial charge is 0.416 e. The molecular formula is C24H22F4N2O4S. The summed E-state index contributed by atoms with van der Waals surface area (Å²) in [6.45, 7) is 0. The Labute approximate surface area is 199 Å². The fourth-order valence-electron chi connectivity index (χ4n) is 4.06. The van der Waals surface area contributed by atoms with Gasteiger partial charge in [-0.25, -0.2) is 12.8 Å². The zero-order valence-corrected chi connectivity index (χ0v) is 19.4. The number of hydrogen-bond donors (Lipinski definition) is 1. The number of hydrogen-bond acceptors (Lipinski definition) is 4. The highest BCUT2D eigenvalue weighted by atomic mass is 32.2. The topological polar surface area (TPSA) is 83.6 Å². The molecule has 4 rings (SSSR count). The summed E-state index contributed by atoms with van der Waals surface area (Å²) in [6.07, 6.45) is 0.877. The first-order valence-electron chi connectivity index (χ1n) is 10.8. The van der Waals surface area contributed by atoms with Gasteiger partial charge in [0, 0.05) is 23.6 Å². The second-order valence-electron chi connectivity index (χ2n) is 8.71. The van der Waals surface area contributed by atoms with Crippen LogP contribution in [0, 0.1) is 11.7 Å². The van der Waals surface area contributed by atoms with Crippen LogP contribution in [-0.2, 0) is 20.8 Å². The summed E-state index contributed by atoms with van der Waals surface area (Å²) in [5, 5.41) is 2.72. The van der Waals surface area contributed by atoms with Gasteiger partial charge in [0.05, 0.1) is 16.5 Å². The van der Waals surface area contributed by atoms with Crippen molar-refractivity contribution in [3.8, 4) is 0 Å². The standard InChI is InChI=1S/C24H22F4N2O4S/c1-35(33,34)17-5-2-4-15(12-17)23(32)30-11-3-6-20(30)22(31)29-21(14-7-8-14)18-10-9-16(13-19(18)25)24(26,27)28/h2-5,9-14,20-21H,6-8H2,1H3,(H,29,31)/t20-,21-/m1/s1. The third kappa shape index (κ3) is 5.39. The van der Waals surface area contributed by atoms with E-state index in [-0.39, 0.29) is 28.4 Å². The van der Waals surface area contributed by atoms with Crippen LogP contribution in [0.3, 0.4) is 0 Å². The number of carbonyl (C=O) groups is 2. The molecule has 1 aliphatic carbocycles. The molecule has 2 amide bonds. The lowest BCUT2D eigenvalue weighted by Crippen LogP contribution is -2.46. The average Bonchev–Trinajstić information content (AvgIpc) is 3.51. The molecule has 1 N–H and O–H groups in total. The van der Waals surface area contributed by atoms with E-state index in [0.717, 1.165) is 18.4 Å². The van der Waals surface area contributed by atoms with Crippen LogP contribution in [0.5, 0.6) is 0 Å². The Kier molecular flexibility index (Phi) is 6.48. The van der Waals surface area contributed by atoms with E-state index >= 15 is 0 Å². The van der Waals surface area contributed by atoms with Gasteiger partial charge in [-0.1, -0.05) is 18.2 Å². The predicted octanol–water partition coefficient (Wildman–Crippen LogP) is 4.24. The Bertz CT molecular complexity index is 1300. The van der Waals surface area contributed by atoms with E-state index in [4.69, 9.17) is 0 Å². The third-order valence-corrected chi connectivity index (χ3v) is 7.17. The number of carbonyl (C=O) groups excluding carboxylic acids is 2. The summed E-state index contributed by atoms with van der Waals surface area (Å²) < 4.78 is 77.1. The Morgan fingerprint density at radius 2 is 1.83 bits per heavy atom. The first kappa shape index (κ1) is 24.9. The van der Waals surface area contributed by atoms with Crippen LogP contribution in [0.2, 0.25) is 0 Å². The fraction of sp³-hybridized carbons (Fsp3) is 0.333. The number of rotatable bonds is 6. The van der Waals surface area contributed by atoms with Crippen molar-refractivity contribution in [3.63, 3.8) is 0 Å². The molecule has 1 heterocycles. The van der Waals surface area contributed by atoms with E-state index in [1.165, 1.54) is 35.4 Å². The van der Waals surface area contributed by atoms with E-state index in [0.29, 0.717) is 18.9 Å². The zero-order valence-electron chi connectivity index (χ0n) is 18.5. The Balaban J connectivity index is 1.54. The van der Waals surface area contributed by atoms with Crippen molar-refractivity contribution >= 4 is 21.7 Å². The third-order valence-electron chi connectivity index (χ3n) is 6.06. The zero-order chi connectivity index (χ0) is 25.5. The van der Waals surface area contributed by atoms with Gasteiger partial charge in [-0.05, 0) is 55.5 Å². The quantitative estimate of drug-likeness (QED) is 0.590. The first-order valence-corrected chi connectivity index (χ1v) is 12.7. The number of sulfone groups is 1. The smallest absolute Gasteiger partial charge is 0.347 e. The maximum atomic E-state index is 14.6. The molecule has 6 nitrogen and oxygen atoms in total. The summed E-state index contributed by atoms with van der Waals surface area (Å²) in [7, 11) is -3.55. The van der Waals surface area contributed by atoms with Gasteiger partial charge in [0.25, 0.3) is 5.91 Å². The fourth-order valence-corrected chi connectivity index (χ4v) is 4.72. The number of halogens is 4. The summed E-state index contributed by atoms with van der Waals surface area (Å²) in [5.74, 6) is -2.37. The molecule has 0 saturated heterocycles. The van der Waals surface area contributed by atoms with Gasteiger partial charge in [0.2, 0.25) is 5.91 Å². The second kappa shape index (κ2) is 9.10. The molecule has 2 aliphatic rings. The molecule has 0 aromatic heterocycles. The molecular weight excluding hydrogens is 488 g/mol. The molecule has 11 heteroatoms. The lowest BCUT2D eigenvalue weighted by Gasteiger charge is -2.27. The summed E-state index contributed by atoms with van der Waals surface area (Å²) in [5.41, 5.74) is -1.09. The van der Waals surface area contributed by atoms with Crippen molar-refractivity contribution in [3.05, 3.63) is 77.2 Å². The van der Waals surface area contributed by atoms with Crippen molar-refractivity contribution < 1.29 is 35.6 Å². The van der Waals surface area contributed by atoms with Crippen LogP contribution in [0.4, 0.5) is 17.6 Å². The van der Waals surface area contributed by atoms with E-state index in [1.54, 1.807) is 6.08 Å². The van der Waals surface area contributed by atoms with Crippen LogP contribution >= 0.6 is 0 Å². The van der Waals surface area contributed by atoms with E-state index in [9.17, 15) is 35.6 Å². The highest BCUT2D eigenvalue weighted by molar-refractivity contribution is 7.90. The van der Waals surface area contributed by atoms with Crippen LogP contribution in [0.25, 0.3) is 0 Å². The molecule has 0 unspecified atom stereocenters. The van der Waals surface area contributed by atoms with Crippen LogP contribution in [0.1, 0.15) is 46.8 Å². The minimum atomic E-state index is -4.69. The SMILES string of the molecule is CS(=O)(=O)c1cccc(C(=O)N2C=CC[C@@H]2C(=O)N[C@@H](c2ccc(C(F)(F)F)cc2F)C2CC2)c1. The maximum absolute atomic E-state index is 14.6. The van der Waals surface area contributed by atoms with E-state index < -0.39 is 51.3 Å². The highest BCUT2D eigenvalue weighted by Crippen LogP contribution is 2.43. The summed E-state index contributed by atoms with van der Waals surface area (Å²) in [6, 6.07) is 5.86. The van der Waals surface area contributed by atoms with Crippen molar-refractivity contribution in [1.82, 2.24) is 10.2 Å². The summed E-state index contributed by atoms with van der Waals surface area (Å²) in [4.78, 5) is 27.3.